The number of benzene rings is 1. The Balaban J connectivity index is 2.11. The highest BCUT2D eigenvalue weighted by atomic mass is 19.1. The summed E-state index contributed by atoms with van der Waals surface area (Å²) in [6.07, 6.45) is 3.49. The zero-order valence-electron chi connectivity index (χ0n) is 9.43. The van der Waals surface area contributed by atoms with Crippen molar-refractivity contribution in [3.8, 4) is 5.75 Å². The first kappa shape index (κ1) is 11.6. The van der Waals surface area contributed by atoms with Crippen LogP contribution < -0.4 is 4.74 Å². The molecule has 0 bridgehead atoms. The number of aliphatic hydroxyl groups is 1. The second-order valence-corrected chi connectivity index (χ2v) is 3.65. The maximum absolute atomic E-state index is 12.9. The fourth-order valence-electron chi connectivity index (χ4n) is 1.49. The van der Waals surface area contributed by atoms with Crippen molar-refractivity contribution in [1.82, 2.24) is 9.55 Å². The van der Waals surface area contributed by atoms with Gasteiger partial charge in [-0.05, 0) is 18.2 Å². The minimum atomic E-state index is -0.390. The molecule has 1 heterocycles. The minimum Gasteiger partial charge on any atom is -0.485 e. The molecule has 0 saturated carbocycles. The van der Waals surface area contributed by atoms with E-state index in [2.05, 4.69) is 4.98 Å². The van der Waals surface area contributed by atoms with Crippen molar-refractivity contribution >= 4 is 0 Å². The molecule has 0 unspecified atom stereocenters. The van der Waals surface area contributed by atoms with Gasteiger partial charge in [0.25, 0.3) is 0 Å². The minimum absolute atomic E-state index is 0.256. The number of hydrogen-bond donors (Lipinski definition) is 1. The van der Waals surface area contributed by atoms with E-state index in [0.29, 0.717) is 11.3 Å². The number of rotatable bonds is 4. The van der Waals surface area contributed by atoms with Gasteiger partial charge in [0, 0.05) is 25.0 Å². The molecule has 0 aliphatic rings. The maximum atomic E-state index is 12.9. The van der Waals surface area contributed by atoms with Crippen molar-refractivity contribution in [2.75, 3.05) is 0 Å². The van der Waals surface area contributed by atoms with Crippen LogP contribution in [-0.2, 0) is 20.3 Å². The number of halogens is 1. The molecule has 1 aromatic heterocycles. The Hall–Kier alpha value is -1.88. The van der Waals surface area contributed by atoms with Crippen molar-refractivity contribution in [3.05, 3.63) is 47.8 Å². The van der Waals surface area contributed by atoms with Gasteiger partial charge in [0.2, 0.25) is 0 Å². The number of ether oxygens (including phenoxy) is 1. The molecule has 0 amide bonds. The zero-order chi connectivity index (χ0) is 12.3. The fraction of sp³-hybridized carbons (Fsp3) is 0.250. The molecule has 2 rings (SSSR count). The molecule has 90 valence electrons. The quantitative estimate of drug-likeness (QED) is 0.877. The van der Waals surface area contributed by atoms with Gasteiger partial charge < -0.3 is 14.4 Å². The van der Waals surface area contributed by atoms with Crippen LogP contribution in [0.4, 0.5) is 4.39 Å². The monoisotopic (exact) mass is 236 g/mol. The molecule has 0 aliphatic carbocycles. The SMILES string of the molecule is Cn1ccnc1COc1ccc(F)cc1CO. The van der Waals surface area contributed by atoms with Crippen LogP contribution in [0.3, 0.4) is 0 Å². The standard InChI is InChI=1S/C12H13FN2O2/c1-15-5-4-14-12(15)8-17-11-3-2-10(13)6-9(11)7-16/h2-6,16H,7-8H2,1H3. The third-order valence-electron chi connectivity index (χ3n) is 2.47. The van der Waals surface area contributed by atoms with Gasteiger partial charge >= 0.3 is 0 Å². The van der Waals surface area contributed by atoms with Crippen LogP contribution in [0.25, 0.3) is 0 Å². The Morgan fingerprint density at radius 3 is 2.94 bits per heavy atom. The van der Waals surface area contributed by atoms with Crippen LogP contribution in [-0.4, -0.2) is 14.7 Å². The van der Waals surface area contributed by atoms with Gasteiger partial charge in [-0.1, -0.05) is 0 Å². The molecule has 1 N–H and O–H groups in total. The third-order valence-corrected chi connectivity index (χ3v) is 2.47. The van der Waals surface area contributed by atoms with Crippen LogP contribution >= 0.6 is 0 Å². The van der Waals surface area contributed by atoms with Crippen molar-refractivity contribution in [1.29, 1.82) is 0 Å². The predicted octanol–water partition coefficient (Wildman–Crippen LogP) is 1.63. The summed E-state index contributed by atoms with van der Waals surface area (Å²) in [4.78, 5) is 4.11. The molecule has 0 radical (unpaired) electrons. The van der Waals surface area contributed by atoms with Crippen molar-refractivity contribution < 1.29 is 14.2 Å². The van der Waals surface area contributed by atoms with Crippen molar-refractivity contribution in [2.24, 2.45) is 7.05 Å². The smallest absolute Gasteiger partial charge is 0.146 e. The second-order valence-electron chi connectivity index (χ2n) is 3.65. The van der Waals surface area contributed by atoms with E-state index in [0.717, 1.165) is 5.82 Å². The molecule has 5 heteroatoms. The summed E-state index contributed by atoms with van der Waals surface area (Å²) in [5.41, 5.74) is 0.430. The van der Waals surface area contributed by atoms with Crippen LogP contribution in [0.1, 0.15) is 11.4 Å². The van der Waals surface area contributed by atoms with Gasteiger partial charge in [0.15, 0.2) is 0 Å². The highest BCUT2D eigenvalue weighted by molar-refractivity contribution is 5.33. The summed E-state index contributed by atoms with van der Waals surface area (Å²) in [6.45, 7) is 0.0236. The van der Waals surface area contributed by atoms with Gasteiger partial charge in [-0.2, -0.15) is 0 Å². The average molecular weight is 236 g/mol. The van der Waals surface area contributed by atoms with Gasteiger partial charge in [-0.15, -0.1) is 0 Å². The van der Waals surface area contributed by atoms with E-state index in [-0.39, 0.29) is 13.2 Å². The molecule has 0 atom stereocenters. The maximum Gasteiger partial charge on any atom is 0.146 e. The lowest BCUT2D eigenvalue weighted by Crippen LogP contribution is -2.04. The number of hydrogen-bond acceptors (Lipinski definition) is 3. The van der Waals surface area contributed by atoms with E-state index >= 15 is 0 Å². The Labute approximate surface area is 98.3 Å². The average Bonchev–Trinajstić information content (AvgIpc) is 2.73. The molecule has 0 spiro atoms. The molecule has 0 fully saturated rings. The van der Waals surface area contributed by atoms with E-state index in [1.807, 2.05) is 17.8 Å². The first-order chi connectivity index (χ1) is 8.20. The summed E-state index contributed by atoms with van der Waals surface area (Å²) in [5.74, 6) is 0.841. The largest absolute Gasteiger partial charge is 0.485 e. The Morgan fingerprint density at radius 2 is 2.29 bits per heavy atom. The normalized spacial score (nSPS) is 10.5. The lowest BCUT2D eigenvalue weighted by atomic mass is 10.2. The second kappa shape index (κ2) is 4.97. The number of aromatic nitrogens is 2. The highest BCUT2D eigenvalue weighted by Crippen LogP contribution is 2.20. The molecule has 1 aromatic carbocycles. The molecule has 0 saturated heterocycles. The number of aliphatic hydroxyl groups excluding tert-OH is 1. The molecular formula is C12H13FN2O2. The third kappa shape index (κ3) is 2.62. The van der Waals surface area contributed by atoms with Gasteiger partial charge in [-0.25, -0.2) is 9.37 Å². The first-order valence-corrected chi connectivity index (χ1v) is 5.19. The summed E-state index contributed by atoms with van der Waals surface area (Å²) in [6, 6.07) is 4.06. The summed E-state index contributed by atoms with van der Waals surface area (Å²) >= 11 is 0. The van der Waals surface area contributed by atoms with E-state index in [1.165, 1.54) is 18.2 Å². The lowest BCUT2D eigenvalue weighted by molar-refractivity contribution is 0.253. The predicted molar refractivity (Wildman–Crippen MR) is 59.9 cm³/mol. The van der Waals surface area contributed by atoms with E-state index in [4.69, 9.17) is 9.84 Å². The van der Waals surface area contributed by atoms with E-state index in [9.17, 15) is 4.39 Å². The molecule has 0 aliphatic heterocycles. The Morgan fingerprint density at radius 1 is 1.47 bits per heavy atom. The molecule has 17 heavy (non-hydrogen) atoms. The molecular weight excluding hydrogens is 223 g/mol. The summed E-state index contributed by atoms with van der Waals surface area (Å²) in [5, 5.41) is 9.09. The van der Waals surface area contributed by atoms with Gasteiger partial charge in [0.05, 0.1) is 6.61 Å². The van der Waals surface area contributed by atoms with Crippen LogP contribution in [0.5, 0.6) is 5.75 Å². The van der Waals surface area contributed by atoms with E-state index in [1.54, 1.807) is 6.20 Å². The van der Waals surface area contributed by atoms with Crippen LogP contribution in [0, 0.1) is 5.82 Å². The van der Waals surface area contributed by atoms with Crippen molar-refractivity contribution in [3.63, 3.8) is 0 Å². The Bertz CT molecular complexity index is 511. The lowest BCUT2D eigenvalue weighted by Gasteiger charge is -2.09. The number of aryl methyl sites for hydroxylation is 1. The Kier molecular flexibility index (Phi) is 3.39. The van der Waals surface area contributed by atoms with Gasteiger partial charge in [-0.3, -0.25) is 0 Å². The number of imidazole rings is 1. The van der Waals surface area contributed by atoms with Gasteiger partial charge in [0.1, 0.15) is 24.0 Å². The zero-order valence-corrected chi connectivity index (χ0v) is 9.43. The van der Waals surface area contributed by atoms with Crippen LogP contribution in [0.2, 0.25) is 0 Å². The van der Waals surface area contributed by atoms with Crippen molar-refractivity contribution in [2.45, 2.75) is 13.2 Å². The molecule has 4 nitrogen and oxygen atoms in total. The fourth-order valence-corrected chi connectivity index (χ4v) is 1.49. The summed E-state index contributed by atoms with van der Waals surface area (Å²) in [7, 11) is 1.86. The summed E-state index contributed by atoms with van der Waals surface area (Å²) < 4.78 is 20.3. The highest BCUT2D eigenvalue weighted by Gasteiger charge is 2.06. The van der Waals surface area contributed by atoms with E-state index < -0.39 is 5.82 Å². The topological polar surface area (TPSA) is 47.3 Å². The van der Waals surface area contributed by atoms with Crippen LogP contribution in [0.15, 0.2) is 30.6 Å². The number of nitrogens with zero attached hydrogens (tertiary/aromatic N) is 2. The molecule has 2 aromatic rings. The first-order valence-electron chi connectivity index (χ1n) is 5.19.